The Hall–Kier alpha value is -1.69. The Labute approximate surface area is 163 Å². The molecule has 0 N–H and O–H groups in total. The molecular formula is C20H27BrO5. The van der Waals surface area contributed by atoms with Crippen LogP contribution in [0.25, 0.3) is 0 Å². The van der Waals surface area contributed by atoms with Crippen LogP contribution in [0.2, 0.25) is 0 Å². The number of rotatable bonds is 9. The smallest absolute Gasteiger partial charge is 0.311 e. The maximum absolute atomic E-state index is 12.5. The highest BCUT2D eigenvalue weighted by molar-refractivity contribution is 9.10. The van der Waals surface area contributed by atoms with Gasteiger partial charge in [0.05, 0.1) is 0 Å². The van der Waals surface area contributed by atoms with Crippen LogP contribution in [0.15, 0.2) is 24.3 Å². The van der Waals surface area contributed by atoms with Crippen LogP contribution in [0.1, 0.15) is 57.8 Å². The summed E-state index contributed by atoms with van der Waals surface area (Å²) in [5, 5.41) is 0. The molecule has 26 heavy (non-hydrogen) atoms. The van der Waals surface area contributed by atoms with Crippen LogP contribution >= 0.6 is 15.9 Å². The Morgan fingerprint density at radius 2 is 1.38 bits per heavy atom. The molecule has 1 aromatic rings. The van der Waals surface area contributed by atoms with Crippen molar-refractivity contribution < 1.29 is 23.9 Å². The van der Waals surface area contributed by atoms with Crippen LogP contribution < -0.4 is 4.74 Å². The van der Waals surface area contributed by atoms with Gasteiger partial charge in [0.2, 0.25) is 0 Å². The van der Waals surface area contributed by atoms with Crippen LogP contribution in [0, 0.1) is 11.8 Å². The van der Waals surface area contributed by atoms with E-state index in [0.29, 0.717) is 24.2 Å². The van der Waals surface area contributed by atoms with Gasteiger partial charge in [0.25, 0.3) is 0 Å². The number of hydrogen-bond acceptors (Lipinski definition) is 5. The van der Waals surface area contributed by atoms with Gasteiger partial charge in [0, 0.05) is 18.4 Å². The summed E-state index contributed by atoms with van der Waals surface area (Å²) in [6.07, 6.45) is 0.0651. The molecule has 0 spiro atoms. The number of ether oxygens (including phenoxy) is 2. The Bertz CT molecular complexity index is 622. The molecule has 0 aromatic heterocycles. The lowest BCUT2D eigenvalue weighted by molar-refractivity contribution is -0.148. The molecule has 0 fully saturated rings. The predicted molar refractivity (Wildman–Crippen MR) is 104 cm³/mol. The molecular weight excluding hydrogens is 400 g/mol. The fourth-order valence-corrected chi connectivity index (χ4v) is 2.59. The number of esters is 2. The van der Waals surface area contributed by atoms with Gasteiger partial charge in [0.1, 0.15) is 16.7 Å². The Morgan fingerprint density at radius 3 is 1.88 bits per heavy atom. The van der Waals surface area contributed by atoms with E-state index < -0.39 is 10.9 Å². The summed E-state index contributed by atoms with van der Waals surface area (Å²) in [6.45, 7) is 9.41. The fourth-order valence-electron chi connectivity index (χ4n) is 2.21. The second-order valence-electron chi connectivity index (χ2n) is 7.16. The van der Waals surface area contributed by atoms with Crippen LogP contribution in [-0.4, -0.2) is 28.7 Å². The molecule has 0 aliphatic heterocycles. The molecule has 144 valence electrons. The summed E-state index contributed by atoms with van der Waals surface area (Å²) >= 11 is 3.31. The molecule has 2 atom stereocenters. The van der Waals surface area contributed by atoms with Gasteiger partial charge in [0.15, 0.2) is 5.78 Å². The van der Waals surface area contributed by atoms with Crippen molar-refractivity contribution in [2.75, 3.05) is 0 Å². The number of halogens is 1. The zero-order chi connectivity index (χ0) is 19.9. The lowest BCUT2D eigenvalue weighted by Gasteiger charge is -2.19. The maximum atomic E-state index is 12.5. The number of Topliss-reactive ketones (excluding diaryl/α,β-unsaturated/α-hetero) is 1. The van der Waals surface area contributed by atoms with Gasteiger partial charge >= 0.3 is 11.9 Å². The highest BCUT2D eigenvalue weighted by Gasteiger charge is 2.26. The van der Waals surface area contributed by atoms with Crippen LogP contribution in [0.4, 0.5) is 0 Å². The summed E-state index contributed by atoms with van der Waals surface area (Å²) in [7, 11) is 0. The molecule has 0 heterocycles. The molecule has 0 aliphatic rings. The van der Waals surface area contributed by atoms with Crippen LogP contribution in [0.5, 0.6) is 5.75 Å². The molecule has 0 saturated heterocycles. The van der Waals surface area contributed by atoms with E-state index in [1.54, 1.807) is 31.2 Å². The molecule has 0 bridgehead atoms. The van der Waals surface area contributed by atoms with E-state index in [4.69, 9.17) is 9.47 Å². The number of hydrogen-bond donors (Lipinski definition) is 0. The Balaban J connectivity index is 2.66. The lowest BCUT2D eigenvalue weighted by Crippen LogP contribution is -2.31. The molecule has 0 aliphatic carbocycles. The first kappa shape index (κ1) is 22.4. The van der Waals surface area contributed by atoms with Crippen molar-refractivity contribution in [1.82, 2.24) is 0 Å². The van der Waals surface area contributed by atoms with E-state index in [9.17, 15) is 14.4 Å². The SMILES string of the molecule is CC(C)CC(=O)Oc1ccc(C(=O)C(Br)C(C)OC(=O)CC(C)C)cc1. The third kappa shape index (κ3) is 7.68. The average Bonchev–Trinajstić information content (AvgIpc) is 2.52. The fraction of sp³-hybridized carbons (Fsp3) is 0.550. The number of ketones is 1. The van der Waals surface area contributed by atoms with Crippen molar-refractivity contribution in [3.63, 3.8) is 0 Å². The maximum Gasteiger partial charge on any atom is 0.311 e. The standard InChI is InChI=1S/C20H27BrO5/c1-12(2)10-17(22)25-14(5)19(21)20(24)15-6-8-16(9-7-15)26-18(23)11-13(3)4/h6-9,12-14,19H,10-11H2,1-5H3. The van der Waals surface area contributed by atoms with Crippen molar-refractivity contribution in [2.24, 2.45) is 11.8 Å². The van der Waals surface area contributed by atoms with E-state index >= 15 is 0 Å². The normalized spacial score (nSPS) is 13.4. The quantitative estimate of drug-likeness (QED) is 0.250. The Morgan fingerprint density at radius 1 is 0.885 bits per heavy atom. The van der Waals surface area contributed by atoms with Gasteiger partial charge < -0.3 is 9.47 Å². The van der Waals surface area contributed by atoms with Crippen molar-refractivity contribution in [1.29, 1.82) is 0 Å². The second-order valence-corrected chi connectivity index (χ2v) is 8.14. The van der Waals surface area contributed by atoms with E-state index in [-0.39, 0.29) is 29.6 Å². The molecule has 6 heteroatoms. The number of carbonyl (C=O) groups is 3. The van der Waals surface area contributed by atoms with Gasteiger partial charge in [-0.1, -0.05) is 43.6 Å². The van der Waals surface area contributed by atoms with Gasteiger partial charge in [-0.3, -0.25) is 14.4 Å². The molecule has 1 rings (SSSR count). The van der Waals surface area contributed by atoms with Crippen molar-refractivity contribution in [3.05, 3.63) is 29.8 Å². The van der Waals surface area contributed by atoms with Gasteiger partial charge in [-0.25, -0.2) is 0 Å². The topological polar surface area (TPSA) is 69.7 Å². The van der Waals surface area contributed by atoms with Crippen LogP contribution in [-0.2, 0) is 14.3 Å². The van der Waals surface area contributed by atoms with Crippen molar-refractivity contribution >= 4 is 33.7 Å². The third-order valence-corrected chi connectivity index (χ3v) is 4.66. The van der Waals surface area contributed by atoms with Gasteiger partial charge in [-0.2, -0.15) is 0 Å². The largest absolute Gasteiger partial charge is 0.461 e. The van der Waals surface area contributed by atoms with E-state index in [2.05, 4.69) is 15.9 Å². The third-order valence-electron chi connectivity index (χ3n) is 3.50. The molecule has 1 aromatic carbocycles. The summed E-state index contributed by atoms with van der Waals surface area (Å²) in [5.74, 6) is -0.00698. The zero-order valence-corrected chi connectivity index (χ0v) is 17.5. The minimum absolute atomic E-state index is 0.199. The zero-order valence-electron chi connectivity index (χ0n) is 16.0. The average molecular weight is 427 g/mol. The minimum Gasteiger partial charge on any atom is -0.461 e. The van der Waals surface area contributed by atoms with Gasteiger partial charge in [-0.05, 0) is 43.0 Å². The molecule has 0 radical (unpaired) electrons. The highest BCUT2D eigenvalue weighted by atomic mass is 79.9. The predicted octanol–water partition coefficient (Wildman–Crippen LogP) is 4.56. The highest BCUT2D eigenvalue weighted by Crippen LogP contribution is 2.20. The van der Waals surface area contributed by atoms with E-state index in [0.717, 1.165) is 0 Å². The summed E-state index contributed by atoms with van der Waals surface area (Å²) in [4.78, 5) is 35.3. The van der Waals surface area contributed by atoms with Crippen molar-refractivity contribution in [3.8, 4) is 5.75 Å². The second kappa shape index (κ2) is 10.5. The molecule has 5 nitrogen and oxygen atoms in total. The van der Waals surface area contributed by atoms with E-state index in [1.807, 2.05) is 27.7 Å². The van der Waals surface area contributed by atoms with Crippen molar-refractivity contribution in [2.45, 2.75) is 58.4 Å². The Kier molecular flexibility index (Phi) is 8.99. The van der Waals surface area contributed by atoms with Crippen LogP contribution in [0.3, 0.4) is 0 Å². The first-order chi connectivity index (χ1) is 12.1. The van der Waals surface area contributed by atoms with E-state index in [1.165, 1.54) is 0 Å². The summed E-state index contributed by atoms with van der Waals surface area (Å²) < 4.78 is 10.5. The molecule has 2 unspecified atom stereocenters. The number of carbonyl (C=O) groups excluding carboxylic acids is 3. The lowest BCUT2D eigenvalue weighted by atomic mass is 10.1. The molecule has 0 saturated carbocycles. The monoisotopic (exact) mass is 426 g/mol. The molecule has 0 amide bonds. The number of alkyl halides is 1. The summed E-state index contributed by atoms with van der Waals surface area (Å²) in [6, 6.07) is 6.36. The van der Waals surface area contributed by atoms with Gasteiger partial charge in [-0.15, -0.1) is 0 Å². The first-order valence-corrected chi connectivity index (χ1v) is 9.70. The first-order valence-electron chi connectivity index (χ1n) is 8.78. The minimum atomic E-state index is -0.645. The summed E-state index contributed by atoms with van der Waals surface area (Å²) in [5.41, 5.74) is 0.447. The number of benzene rings is 1.